The Hall–Kier alpha value is -1.87. The maximum atomic E-state index is 12.0. The largest absolute Gasteiger partial charge is 0.376 e. The number of nitrogens with two attached hydrogens (primary N) is 1. The fourth-order valence-electron chi connectivity index (χ4n) is 3.62. The predicted octanol–water partition coefficient (Wildman–Crippen LogP) is 6.90. The van der Waals surface area contributed by atoms with Crippen molar-refractivity contribution < 1.29 is 9.53 Å². The molecule has 29 heavy (non-hydrogen) atoms. The molecular formula is C26H41NO2. The Morgan fingerprint density at radius 1 is 0.931 bits per heavy atom. The van der Waals surface area contributed by atoms with Gasteiger partial charge in [0.1, 0.15) is 0 Å². The van der Waals surface area contributed by atoms with Gasteiger partial charge in [-0.25, -0.2) is 0 Å². The van der Waals surface area contributed by atoms with E-state index in [1.807, 2.05) is 30.3 Å². The molecular weight excluding hydrogens is 358 g/mol. The minimum atomic E-state index is -0.272. The van der Waals surface area contributed by atoms with E-state index in [0.29, 0.717) is 0 Å². The van der Waals surface area contributed by atoms with Crippen molar-refractivity contribution in [2.45, 2.75) is 83.7 Å². The van der Waals surface area contributed by atoms with E-state index < -0.39 is 0 Å². The van der Waals surface area contributed by atoms with Crippen molar-refractivity contribution >= 4 is 5.91 Å². The standard InChI is InChI=1S/C26H41NO2/c1-3-4-5-6-7-8-9-10-11-12-13-14-15-19-22-24(26(27)28)25(29-2)23-20-17-16-18-21-23/h7-8,10-11,16-18,20-21,24-25H,3-6,9,12-15,19,22H2,1-2H3,(H2,27,28)/b8-7-,11-10-. The van der Waals surface area contributed by atoms with E-state index in [-0.39, 0.29) is 17.9 Å². The second-order valence-corrected chi connectivity index (χ2v) is 7.74. The number of carbonyl (C=O) groups excluding carboxylic acids is 1. The molecule has 162 valence electrons. The highest BCUT2D eigenvalue weighted by Crippen LogP contribution is 2.29. The molecule has 0 saturated carbocycles. The van der Waals surface area contributed by atoms with Gasteiger partial charge in [-0.2, -0.15) is 0 Å². The van der Waals surface area contributed by atoms with Gasteiger partial charge in [0.05, 0.1) is 12.0 Å². The number of unbranched alkanes of at least 4 members (excludes halogenated alkanes) is 7. The van der Waals surface area contributed by atoms with Crippen LogP contribution in [0.3, 0.4) is 0 Å². The topological polar surface area (TPSA) is 52.3 Å². The van der Waals surface area contributed by atoms with Crippen molar-refractivity contribution in [3.63, 3.8) is 0 Å². The number of benzene rings is 1. The van der Waals surface area contributed by atoms with E-state index in [4.69, 9.17) is 10.5 Å². The van der Waals surface area contributed by atoms with Crippen molar-refractivity contribution in [2.75, 3.05) is 7.11 Å². The highest BCUT2D eigenvalue weighted by atomic mass is 16.5. The lowest BCUT2D eigenvalue weighted by atomic mass is 9.90. The third kappa shape index (κ3) is 11.7. The minimum absolute atomic E-state index is 0.258. The van der Waals surface area contributed by atoms with Crippen LogP contribution in [-0.2, 0) is 9.53 Å². The van der Waals surface area contributed by atoms with Gasteiger partial charge in [-0.1, -0.05) is 93.7 Å². The van der Waals surface area contributed by atoms with Crippen LogP contribution in [0.15, 0.2) is 54.6 Å². The molecule has 0 bridgehead atoms. The molecule has 1 aromatic carbocycles. The van der Waals surface area contributed by atoms with Crippen LogP contribution in [0.2, 0.25) is 0 Å². The molecule has 1 amide bonds. The lowest BCUT2D eigenvalue weighted by Crippen LogP contribution is -2.29. The zero-order chi connectivity index (χ0) is 21.2. The first-order valence-corrected chi connectivity index (χ1v) is 11.4. The lowest BCUT2D eigenvalue weighted by molar-refractivity contribution is -0.126. The average Bonchev–Trinajstić information content (AvgIpc) is 2.73. The molecule has 0 radical (unpaired) electrons. The van der Waals surface area contributed by atoms with Gasteiger partial charge in [-0.15, -0.1) is 0 Å². The average molecular weight is 400 g/mol. The number of allylic oxidation sites excluding steroid dienone is 4. The molecule has 3 nitrogen and oxygen atoms in total. The molecule has 0 aliphatic rings. The number of hydrogen-bond donors (Lipinski definition) is 1. The number of primary amides is 1. The summed E-state index contributed by atoms with van der Waals surface area (Å²) in [6.07, 6.45) is 21.5. The Bertz CT molecular complexity index is 580. The summed E-state index contributed by atoms with van der Waals surface area (Å²) >= 11 is 0. The Kier molecular flexibility index (Phi) is 14.8. The van der Waals surface area contributed by atoms with Crippen LogP contribution >= 0.6 is 0 Å². The normalized spacial score (nSPS) is 13.9. The van der Waals surface area contributed by atoms with Crippen LogP contribution in [0.4, 0.5) is 0 Å². The Balaban J connectivity index is 2.18. The Labute approximate surface area is 178 Å². The molecule has 1 aromatic rings. The van der Waals surface area contributed by atoms with E-state index in [2.05, 4.69) is 31.2 Å². The molecule has 3 heteroatoms. The fraction of sp³-hybridized carbons (Fsp3) is 0.577. The SMILES string of the molecule is CCCCC/C=C\C/C=C\CCCCCCC(C(N)=O)C(OC)c1ccccc1. The quantitative estimate of drug-likeness (QED) is 0.229. The van der Waals surface area contributed by atoms with E-state index in [0.717, 1.165) is 37.7 Å². The Morgan fingerprint density at radius 2 is 1.55 bits per heavy atom. The van der Waals surface area contributed by atoms with Gasteiger partial charge < -0.3 is 10.5 Å². The molecule has 0 spiro atoms. The van der Waals surface area contributed by atoms with Crippen molar-refractivity contribution in [1.82, 2.24) is 0 Å². The smallest absolute Gasteiger partial charge is 0.223 e. The monoisotopic (exact) mass is 399 g/mol. The van der Waals surface area contributed by atoms with Crippen LogP contribution in [0.1, 0.15) is 89.2 Å². The third-order valence-electron chi connectivity index (χ3n) is 5.33. The van der Waals surface area contributed by atoms with Gasteiger partial charge in [0.25, 0.3) is 0 Å². The minimum Gasteiger partial charge on any atom is -0.376 e. The van der Waals surface area contributed by atoms with Crippen LogP contribution in [-0.4, -0.2) is 13.0 Å². The summed E-state index contributed by atoms with van der Waals surface area (Å²) in [6, 6.07) is 9.89. The van der Waals surface area contributed by atoms with Gasteiger partial charge in [0.15, 0.2) is 0 Å². The number of methoxy groups -OCH3 is 1. The summed E-state index contributed by atoms with van der Waals surface area (Å²) in [7, 11) is 1.65. The van der Waals surface area contributed by atoms with Crippen molar-refractivity contribution in [3.8, 4) is 0 Å². The highest BCUT2D eigenvalue weighted by molar-refractivity contribution is 5.77. The first kappa shape index (κ1) is 25.2. The molecule has 0 aliphatic heterocycles. The second kappa shape index (κ2) is 17.0. The fourth-order valence-corrected chi connectivity index (χ4v) is 3.62. The summed E-state index contributed by atoms with van der Waals surface area (Å²) in [5.41, 5.74) is 6.69. The van der Waals surface area contributed by atoms with E-state index in [1.165, 1.54) is 38.5 Å². The van der Waals surface area contributed by atoms with Gasteiger partial charge in [0.2, 0.25) is 5.91 Å². The number of ether oxygens (including phenoxy) is 1. The van der Waals surface area contributed by atoms with Crippen molar-refractivity contribution in [1.29, 1.82) is 0 Å². The van der Waals surface area contributed by atoms with E-state index in [9.17, 15) is 4.79 Å². The number of carbonyl (C=O) groups is 1. The molecule has 0 heterocycles. The highest BCUT2D eigenvalue weighted by Gasteiger charge is 2.27. The van der Waals surface area contributed by atoms with E-state index in [1.54, 1.807) is 7.11 Å². The number of rotatable bonds is 17. The summed E-state index contributed by atoms with van der Waals surface area (Å²) < 4.78 is 5.61. The molecule has 2 atom stereocenters. The van der Waals surface area contributed by atoms with Gasteiger partial charge in [-0.3, -0.25) is 4.79 Å². The molecule has 1 rings (SSSR count). The zero-order valence-corrected chi connectivity index (χ0v) is 18.5. The predicted molar refractivity (Wildman–Crippen MR) is 124 cm³/mol. The first-order valence-electron chi connectivity index (χ1n) is 11.4. The molecule has 0 aromatic heterocycles. The maximum absolute atomic E-state index is 12.0. The van der Waals surface area contributed by atoms with Gasteiger partial charge in [0, 0.05) is 7.11 Å². The Morgan fingerprint density at radius 3 is 2.14 bits per heavy atom. The second-order valence-electron chi connectivity index (χ2n) is 7.74. The van der Waals surface area contributed by atoms with Crippen LogP contribution < -0.4 is 5.73 Å². The van der Waals surface area contributed by atoms with Crippen LogP contribution in [0.5, 0.6) is 0 Å². The first-order chi connectivity index (χ1) is 14.2. The summed E-state index contributed by atoms with van der Waals surface area (Å²) in [5, 5.41) is 0. The molecule has 0 fully saturated rings. The maximum Gasteiger partial charge on any atom is 0.223 e. The summed E-state index contributed by atoms with van der Waals surface area (Å²) in [5.74, 6) is -0.544. The zero-order valence-electron chi connectivity index (χ0n) is 18.5. The van der Waals surface area contributed by atoms with Crippen LogP contribution in [0.25, 0.3) is 0 Å². The molecule has 2 N–H and O–H groups in total. The van der Waals surface area contributed by atoms with Gasteiger partial charge in [-0.05, 0) is 44.1 Å². The molecule has 0 saturated heterocycles. The molecule has 0 aliphatic carbocycles. The van der Waals surface area contributed by atoms with Gasteiger partial charge >= 0.3 is 0 Å². The summed E-state index contributed by atoms with van der Waals surface area (Å²) in [6.45, 7) is 2.24. The molecule has 2 unspecified atom stereocenters. The van der Waals surface area contributed by atoms with Crippen molar-refractivity contribution in [2.24, 2.45) is 11.7 Å². The van der Waals surface area contributed by atoms with Crippen molar-refractivity contribution in [3.05, 3.63) is 60.2 Å². The number of amides is 1. The summed E-state index contributed by atoms with van der Waals surface area (Å²) in [4.78, 5) is 12.0. The third-order valence-corrected chi connectivity index (χ3v) is 5.33. The number of hydrogen-bond acceptors (Lipinski definition) is 2. The van der Waals surface area contributed by atoms with Crippen LogP contribution in [0, 0.1) is 5.92 Å². The lowest BCUT2D eigenvalue weighted by Gasteiger charge is -2.24. The van der Waals surface area contributed by atoms with E-state index >= 15 is 0 Å².